The number of benzene rings is 1. The number of nitrogens with zero attached hydrogens (tertiary/aromatic N) is 3. The lowest BCUT2D eigenvalue weighted by Gasteiger charge is -2.36. The first-order chi connectivity index (χ1) is 14.7. The van der Waals surface area contributed by atoms with Gasteiger partial charge in [-0.25, -0.2) is 0 Å². The van der Waals surface area contributed by atoms with Crippen LogP contribution in [0, 0.1) is 0 Å². The number of hydrogen-bond acceptors (Lipinski definition) is 4. The minimum absolute atomic E-state index is 0.0127. The number of aromatic nitrogens is 1. The van der Waals surface area contributed by atoms with Crippen molar-refractivity contribution in [2.75, 3.05) is 26.2 Å². The second-order valence-corrected chi connectivity index (χ2v) is 8.88. The first kappa shape index (κ1) is 22.5. The Bertz CT molecular complexity index is 928. The molecule has 7 nitrogen and oxygen atoms in total. The van der Waals surface area contributed by atoms with E-state index in [1.54, 1.807) is 53.4 Å². The fourth-order valence-corrected chi connectivity index (χ4v) is 3.54. The van der Waals surface area contributed by atoms with Gasteiger partial charge in [-0.3, -0.25) is 19.4 Å². The fraction of sp³-hybridized carbons (Fsp3) is 0.417. The monoisotopic (exact) mass is 422 g/mol. The minimum Gasteiger partial charge on any atom is -0.341 e. The highest BCUT2D eigenvalue weighted by Gasteiger charge is 2.28. The lowest BCUT2D eigenvalue weighted by atomic mass is 9.86. The van der Waals surface area contributed by atoms with Gasteiger partial charge in [0.05, 0.1) is 5.56 Å². The zero-order valence-corrected chi connectivity index (χ0v) is 18.6. The molecule has 2 aromatic rings. The predicted molar refractivity (Wildman–Crippen MR) is 119 cm³/mol. The highest BCUT2D eigenvalue weighted by molar-refractivity contribution is 5.97. The standard InChI is InChI=1S/C24H30N4O3/c1-17(26-21(29)18-7-9-20(10-8-18)24(2,3)4)22(30)27-12-14-28(15-13-27)23(31)19-6-5-11-25-16-19/h5-11,16-17H,12-15H2,1-4H3,(H,26,29). The van der Waals surface area contributed by atoms with Gasteiger partial charge >= 0.3 is 0 Å². The number of hydrogen-bond donors (Lipinski definition) is 1. The van der Waals surface area contributed by atoms with Crippen molar-refractivity contribution in [3.05, 3.63) is 65.5 Å². The zero-order chi connectivity index (χ0) is 22.6. The molecule has 1 fully saturated rings. The van der Waals surface area contributed by atoms with Gasteiger partial charge in [-0.15, -0.1) is 0 Å². The number of carbonyl (C=O) groups excluding carboxylic acids is 3. The second-order valence-electron chi connectivity index (χ2n) is 8.88. The first-order valence-electron chi connectivity index (χ1n) is 10.6. The van der Waals surface area contributed by atoms with Crippen LogP contribution in [0.3, 0.4) is 0 Å². The van der Waals surface area contributed by atoms with Gasteiger partial charge < -0.3 is 15.1 Å². The molecular weight excluding hydrogens is 392 g/mol. The topological polar surface area (TPSA) is 82.6 Å². The van der Waals surface area contributed by atoms with E-state index in [0.29, 0.717) is 37.3 Å². The lowest BCUT2D eigenvalue weighted by molar-refractivity contribution is -0.134. The summed E-state index contributed by atoms with van der Waals surface area (Å²) in [5.74, 6) is -0.500. The van der Waals surface area contributed by atoms with Crippen molar-refractivity contribution in [2.45, 2.75) is 39.2 Å². The summed E-state index contributed by atoms with van der Waals surface area (Å²) in [7, 11) is 0. The third-order valence-corrected chi connectivity index (χ3v) is 5.52. The Morgan fingerprint density at radius 1 is 0.935 bits per heavy atom. The van der Waals surface area contributed by atoms with E-state index in [1.165, 1.54) is 0 Å². The third-order valence-electron chi connectivity index (χ3n) is 5.52. The van der Waals surface area contributed by atoms with Crippen LogP contribution in [0.1, 0.15) is 54.0 Å². The van der Waals surface area contributed by atoms with Crippen molar-refractivity contribution in [1.82, 2.24) is 20.1 Å². The molecule has 1 unspecified atom stereocenters. The molecule has 0 spiro atoms. The van der Waals surface area contributed by atoms with Crippen molar-refractivity contribution in [3.8, 4) is 0 Å². The van der Waals surface area contributed by atoms with Crippen LogP contribution in [-0.2, 0) is 10.2 Å². The van der Waals surface area contributed by atoms with E-state index in [4.69, 9.17) is 0 Å². The molecule has 7 heteroatoms. The molecule has 3 amide bonds. The number of carbonyl (C=O) groups is 3. The van der Waals surface area contributed by atoms with Gasteiger partial charge in [0, 0.05) is 44.1 Å². The van der Waals surface area contributed by atoms with Gasteiger partial charge in [0.1, 0.15) is 6.04 Å². The average Bonchev–Trinajstić information content (AvgIpc) is 2.78. The molecular formula is C24H30N4O3. The van der Waals surface area contributed by atoms with Crippen LogP contribution in [0.4, 0.5) is 0 Å². The fourth-order valence-electron chi connectivity index (χ4n) is 3.54. The Hall–Kier alpha value is -3.22. The Balaban J connectivity index is 1.52. The van der Waals surface area contributed by atoms with Crippen LogP contribution in [-0.4, -0.2) is 64.7 Å². The van der Waals surface area contributed by atoms with E-state index in [0.717, 1.165) is 5.56 Å². The Labute approximate surface area is 183 Å². The highest BCUT2D eigenvalue weighted by Crippen LogP contribution is 2.22. The number of pyridine rings is 1. The SMILES string of the molecule is CC(NC(=O)c1ccc(C(C)(C)C)cc1)C(=O)N1CCN(C(=O)c2cccnc2)CC1. The Kier molecular flexibility index (Phi) is 6.73. The summed E-state index contributed by atoms with van der Waals surface area (Å²) < 4.78 is 0. The van der Waals surface area contributed by atoms with Crippen LogP contribution in [0.25, 0.3) is 0 Å². The molecule has 1 atom stereocenters. The highest BCUT2D eigenvalue weighted by atomic mass is 16.2. The van der Waals surface area contributed by atoms with Crippen LogP contribution < -0.4 is 5.32 Å². The maximum Gasteiger partial charge on any atom is 0.255 e. The summed E-state index contributed by atoms with van der Waals surface area (Å²) in [6, 6.07) is 10.3. The molecule has 1 aromatic carbocycles. The summed E-state index contributed by atoms with van der Waals surface area (Å²) >= 11 is 0. The Morgan fingerprint density at radius 3 is 2.10 bits per heavy atom. The molecule has 1 saturated heterocycles. The van der Waals surface area contributed by atoms with Crippen molar-refractivity contribution < 1.29 is 14.4 Å². The zero-order valence-electron chi connectivity index (χ0n) is 18.6. The molecule has 1 aromatic heterocycles. The van der Waals surface area contributed by atoms with Gasteiger partial charge in [-0.2, -0.15) is 0 Å². The van der Waals surface area contributed by atoms with Crippen molar-refractivity contribution in [2.24, 2.45) is 0 Å². The normalized spacial score (nSPS) is 15.4. The first-order valence-corrected chi connectivity index (χ1v) is 10.6. The maximum atomic E-state index is 12.8. The lowest BCUT2D eigenvalue weighted by Crippen LogP contribution is -2.55. The molecule has 1 N–H and O–H groups in total. The van der Waals surface area contributed by atoms with Crippen LogP contribution in [0.5, 0.6) is 0 Å². The van der Waals surface area contributed by atoms with Crippen LogP contribution >= 0.6 is 0 Å². The summed E-state index contributed by atoms with van der Waals surface area (Å²) in [4.78, 5) is 45.3. The van der Waals surface area contributed by atoms with Crippen molar-refractivity contribution in [1.29, 1.82) is 0 Å². The molecule has 1 aliphatic heterocycles. The molecule has 164 valence electrons. The van der Waals surface area contributed by atoms with Crippen LogP contribution in [0.2, 0.25) is 0 Å². The molecule has 0 aliphatic carbocycles. The van der Waals surface area contributed by atoms with Gasteiger partial charge in [0.2, 0.25) is 5.91 Å². The number of piperazine rings is 1. The average molecular weight is 423 g/mol. The van der Waals surface area contributed by atoms with E-state index >= 15 is 0 Å². The largest absolute Gasteiger partial charge is 0.341 e. The van der Waals surface area contributed by atoms with E-state index in [9.17, 15) is 14.4 Å². The number of nitrogens with one attached hydrogen (secondary N) is 1. The minimum atomic E-state index is -0.643. The molecule has 0 saturated carbocycles. The molecule has 0 radical (unpaired) electrons. The summed E-state index contributed by atoms with van der Waals surface area (Å²) in [6.07, 6.45) is 3.17. The molecule has 0 bridgehead atoms. The smallest absolute Gasteiger partial charge is 0.255 e. The summed E-state index contributed by atoms with van der Waals surface area (Å²) in [6.45, 7) is 9.82. The maximum absolute atomic E-state index is 12.8. The molecule has 31 heavy (non-hydrogen) atoms. The van der Waals surface area contributed by atoms with E-state index in [-0.39, 0.29) is 23.1 Å². The summed E-state index contributed by atoms with van der Waals surface area (Å²) in [5, 5.41) is 2.79. The quantitative estimate of drug-likeness (QED) is 0.821. The van der Waals surface area contributed by atoms with Gasteiger partial charge in [-0.1, -0.05) is 32.9 Å². The molecule has 1 aliphatic rings. The number of rotatable bonds is 4. The van der Waals surface area contributed by atoms with E-state index in [2.05, 4.69) is 31.1 Å². The second kappa shape index (κ2) is 9.29. The van der Waals surface area contributed by atoms with E-state index in [1.807, 2.05) is 12.1 Å². The van der Waals surface area contributed by atoms with Crippen molar-refractivity contribution in [3.63, 3.8) is 0 Å². The molecule has 2 heterocycles. The number of amides is 3. The van der Waals surface area contributed by atoms with Crippen LogP contribution in [0.15, 0.2) is 48.8 Å². The third kappa shape index (κ3) is 5.48. The van der Waals surface area contributed by atoms with Crippen molar-refractivity contribution >= 4 is 17.7 Å². The van der Waals surface area contributed by atoms with Gasteiger partial charge in [0.25, 0.3) is 11.8 Å². The van der Waals surface area contributed by atoms with Gasteiger partial charge in [-0.05, 0) is 42.2 Å². The predicted octanol–water partition coefficient (Wildman–Crippen LogP) is 2.48. The molecule has 3 rings (SSSR count). The van der Waals surface area contributed by atoms with Gasteiger partial charge in [0.15, 0.2) is 0 Å². The summed E-state index contributed by atoms with van der Waals surface area (Å²) in [5.41, 5.74) is 2.23. The Morgan fingerprint density at radius 2 is 1.55 bits per heavy atom. The van der Waals surface area contributed by atoms with E-state index < -0.39 is 6.04 Å².